The number of anilines is 1. The number of benzene rings is 2. The van der Waals surface area contributed by atoms with Crippen molar-refractivity contribution >= 4 is 51.7 Å². The monoisotopic (exact) mass is 554 g/mol. The Bertz CT molecular complexity index is 1770. The molecule has 1 amide bonds. The smallest absolute Gasteiger partial charge is 0.267 e. The first-order chi connectivity index (χ1) is 19.0. The van der Waals surface area contributed by atoms with Crippen LogP contribution in [0.2, 0.25) is 0 Å². The average Bonchev–Trinajstić information content (AvgIpc) is 3.53. The van der Waals surface area contributed by atoms with Gasteiger partial charge in [0, 0.05) is 19.3 Å². The lowest BCUT2D eigenvalue weighted by molar-refractivity contribution is -0.122. The fraction of sp³-hybridized carbons (Fsp3) is 0.172. The summed E-state index contributed by atoms with van der Waals surface area (Å²) < 4.78 is 12.8. The number of thiocarbonyl (C=S) groups is 1. The first-order valence-corrected chi connectivity index (χ1v) is 13.7. The topological polar surface area (TPSA) is 76.4 Å². The summed E-state index contributed by atoms with van der Waals surface area (Å²) in [6, 6.07) is 19.4. The maximum absolute atomic E-state index is 13.8. The summed E-state index contributed by atoms with van der Waals surface area (Å²) in [5, 5.41) is 0. The van der Waals surface area contributed by atoms with E-state index in [9.17, 15) is 9.59 Å². The largest absolute Gasteiger partial charge is 0.454 e. The molecule has 4 aromatic rings. The van der Waals surface area contributed by atoms with Crippen LogP contribution in [0.1, 0.15) is 22.3 Å². The van der Waals surface area contributed by atoms with Gasteiger partial charge >= 0.3 is 0 Å². The quantitative estimate of drug-likeness (QED) is 0.272. The van der Waals surface area contributed by atoms with Crippen molar-refractivity contribution in [1.82, 2.24) is 14.3 Å². The predicted octanol–water partition coefficient (Wildman–Crippen LogP) is 4.39. The van der Waals surface area contributed by atoms with Crippen molar-refractivity contribution in [1.29, 1.82) is 0 Å². The summed E-state index contributed by atoms with van der Waals surface area (Å²) in [7, 11) is 0. The molecule has 0 unspecified atom stereocenters. The Hall–Kier alpha value is -4.15. The Labute approximate surface area is 233 Å². The fourth-order valence-corrected chi connectivity index (χ4v) is 6.36. The highest BCUT2D eigenvalue weighted by atomic mass is 32.2. The standard InChI is InChI=1S/C29H22N4O4S2/c34-27-21(14-24-28(35)33(29(38)39-24)15-18-8-9-22-23(13-18)37-17-36-22)26(30-25-7-3-4-11-32(25)27)31-12-10-19-5-1-2-6-20(19)16-31/h1-9,11,13-14H,10,12,15-17H2/b24-14-. The summed E-state index contributed by atoms with van der Waals surface area (Å²) in [5.74, 6) is 1.66. The molecule has 7 rings (SSSR count). The molecule has 0 N–H and O–H groups in total. The van der Waals surface area contributed by atoms with Crippen LogP contribution in [0.25, 0.3) is 11.7 Å². The molecule has 1 fully saturated rings. The summed E-state index contributed by atoms with van der Waals surface area (Å²) in [6.45, 7) is 1.84. The van der Waals surface area contributed by atoms with Gasteiger partial charge in [-0.25, -0.2) is 4.98 Å². The second-order valence-electron chi connectivity index (χ2n) is 9.48. The van der Waals surface area contributed by atoms with Crippen LogP contribution in [0.15, 0.2) is 76.6 Å². The van der Waals surface area contributed by atoms with Crippen molar-refractivity contribution < 1.29 is 14.3 Å². The maximum atomic E-state index is 13.8. The highest BCUT2D eigenvalue weighted by molar-refractivity contribution is 8.26. The highest BCUT2D eigenvalue weighted by Gasteiger charge is 2.33. The Morgan fingerprint density at radius 2 is 1.82 bits per heavy atom. The molecule has 3 aliphatic heterocycles. The number of pyridine rings is 1. The molecule has 5 heterocycles. The van der Waals surface area contributed by atoms with E-state index in [-0.39, 0.29) is 18.3 Å². The van der Waals surface area contributed by atoms with E-state index in [1.54, 1.807) is 23.2 Å². The van der Waals surface area contributed by atoms with E-state index in [0.29, 0.717) is 50.8 Å². The third kappa shape index (κ3) is 4.25. The Morgan fingerprint density at radius 1 is 1.00 bits per heavy atom. The van der Waals surface area contributed by atoms with E-state index in [1.807, 2.05) is 42.5 Å². The number of carbonyl (C=O) groups excluding carboxylic acids is 1. The van der Waals surface area contributed by atoms with Gasteiger partial charge in [-0.2, -0.15) is 0 Å². The van der Waals surface area contributed by atoms with E-state index >= 15 is 0 Å². The lowest BCUT2D eigenvalue weighted by atomic mass is 9.99. The van der Waals surface area contributed by atoms with Crippen LogP contribution >= 0.6 is 24.0 Å². The van der Waals surface area contributed by atoms with Gasteiger partial charge in [-0.05, 0) is 53.5 Å². The van der Waals surface area contributed by atoms with Crippen molar-refractivity contribution in [3.8, 4) is 11.5 Å². The van der Waals surface area contributed by atoms with E-state index in [4.69, 9.17) is 26.7 Å². The first kappa shape index (κ1) is 23.9. The van der Waals surface area contributed by atoms with Gasteiger partial charge in [-0.15, -0.1) is 0 Å². The molecule has 0 saturated carbocycles. The van der Waals surface area contributed by atoms with Gasteiger partial charge in [0.05, 0.1) is 17.0 Å². The van der Waals surface area contributed by atoms with Gasteiger partial charge in [-0.3, -0.25) is 18.9 Å². The number of ether oxygens (including phenoxy) is 2. The lowest BCUT2D eigenvalue weighted by Gasteiger charge is -2.30. The van der Waals surface area contributed by atoms with E-state index in [2.05, 4.69) is 17.0 Å². The van der Waals surface area contributed by atoms with Crippen LogP contribution < -0.4 is 19.9 Å². The normalized spacial score (nSPS) is 17.4. The highest BCUT2D eigenvalue weighted by Crippen LogP contribution is 2.37. The van der Waals surface area contributed by atoms with E-state index in [1.165, 1.54) is 27.3 Å². The van der Waals surface area contributed by atoms with Gasteiger partial charge in [0.1, 0.15) is 15.8 Å². The number of amides is 1. The van der Waals surface area contributed by atoms with Crippen molar-refractivity contribution in [3.05, 3.63) is 104 Å². The summed E-state index contributed by atoms with van der Waals surface area (Å²) in [5.41, 5.74) is 4.09. The fourth-order valence-electron chi connectivity index (χ4n) is 5.12. The summed E-state index contributed by atoms with van der Waals surface area (Å²) in [4.78, 5) is 36.2. The van der Waals surface area contributed by atoms with E-state index < -0.39 is 0 Å². The van der Waals surface area contributed by atoms with Crippen LogP contribution in [0.4, 0.5) is 5.82 Å². The molecule has 2 aromatic heterocycles. The minimum Gasteiger partial charge on any atom is -0.454 e. The molecule has 0 bridgehead atoms. The zero-order valence-corrected chi connectivity index (χ0v) is 22.3. The molecule has 10 heteroatoms. The van der Waals surface area contributed by atoms with Crippen LogP contribution in [-0.4, -0.2) is 37.8 Å². The number of hydrogen-bond donors (Lipinski definition) is 0. The van der Waals surface area contributed by atoms with Crippen molar-refractivity contribution in [3.63, 3.8) is 0 Å². The third-order valence-electron chi connectivity index (χ3n) is 7.11. The Kier molecular flexibility index (Phi) is 5.86. The molecular formula is C29H22N4O4S2. The second-order valence-corrected chi connectivity index (χ2v) is 11.2. The Balaban J connectivity index is 1.26. The number of rotatable bonds is 4. The number of carbonyl (C=O) groups is 1. The zero-order valence-electron chi connectivity index (χ0n) is 20.7. The molecule has 2 aromatic carbocycles. The number of fused-ring (bicyclic) bond motifs is 3. The molecule has 3 aliphatic rings. The number of hydrogen-bond acceptors (Lipinski definition) is 8. The minimum absolute atomic E-state index is 0.183. The summed E-state index contributed by atoms with van der Waals surface area (Å²) >= 11 is 6.78. The van der Waals surface area contributed by atoms with Crippen LogP contribution in [0.5, 0.6) is 11.5 Å². The Morgan fingerprint density at radius 3 is 2.72 bits per heavy atom. The van der Waals surface area contributed by atoms with Crippen molar-refractivity contribution in [2.45, 2.75) is 19.5 Å². The molecule has 39 heavy (non-hydrogen) atoms. The second kappa shape index (κ2) is 9.55. The van der Waals surface area contributed by atoms with Gasteiger partial charge in [0.15, 0.2) is 11.5 Å². The molecule has 0 aliphatic carbocycles. The molecule has 1 saturated heterocycles. The van der Waals surface area contributed by atoms with E-state index in [0.717, 1.165) is 18.5 Å². The molecular weight excluding hydrogens is 532 g/mol. The van der Waals surface area contributed by atoms with Gasteiger partial charge < -0.3 is 14.4 Å². The first-order valence-electron chi connectivity index (χ1n) is 12.5. The molecule has 0 radical (unpaired) electrons. The predicted molar refractivity (Wildman–Crippen MR) is 154 cm³/mol. The van der Waals surface area contributed by atoms with Crippen molar-refractivity contribution in [2.24, 2.45) is 0 Å². The lowest BCUT2D eigenvalue weighted by Crippen LogP contribution is -2.34. The average molecular weight is 555 g/mol. The number of thioether (sulfide) groups is 1. The zero-order chi connectivity index (χ0) is 26.5. The molecule has 0 atom stereocenters. The molecule has 0 spiro atoms. The van der Waals surface area contributed by atoms with Gasteiger partial charge in [0.2, 0.25) is 6.79 Å². The van der Waals surface area contributed by atoms with Gasteiger partial charge in [0.25, 0.3) is 11.5 Å². The van der Waals surface area contributed by atoms with Crippen molar-refractivity contribution in [2.75, 3.05) is 18.2 Å². The SMILES string of the molecule is O=C1/C(=C/c2c(N3CCc4ccccc4C3)nc3ccccn3c2=O)SC(=S)N1Cc1ccc2c(c1)OCO2. The summed E-state index contributed by atoms with van der Waals surface area (Å²) in [6.07, 6.45) is 4.20. The molecule has 194 valence electrons. The van der Waals surface area contributed by atoms with Gasteiger partial charge in [-0.1, -0.05) is 60.4 Å². The number of aromatic nitrogens is 2. The molecule has 8 nitrogen and oxygen atoms in total. The minimum atomic E-state index is -0.241. The number of nitrogens with zero attached hydrogens (tertiary/aromatic N) is 4. The maximum Gasteiger partial charge on any atom is 0.267 e. The van der Waals surface area contributed by atoms with Crippen LogP contribution in [0.3, 0.4) is 0 Å². The van der Waals surface area contributed by atoms with Crippen LogP contribution in [0, 0.1) is 0 Å². The van der Waals surface area contributed by atoms with Crippen LogP contribution in [-0.2, 0) is 24.3 Å². The third-order valence-corrected chi connectivity index (χ3v) is 8.48.